The molecule has 300 valence electrons. The molecule has 13 rings (SSSR count). The van der Waals surface area contributed by atoms with Gasteiger partial charge in [-0.25, -0.2) is 4.98 Å². The van der Waals surface area contributed by atoms with Crippen molar-refractivity contribution < 1.29 is 0 Å². The number of aromatic nitrogens is 7. The highest BCUT2D eigenvalue weighted by atomic mass is 15.3. The highest BCUT2D eigenvalue weighted by Gasteiger charge is 2.26. The lowest BCUT2D eigenvalue weighted by Gasteiger charge is -2.17. The minimum Gasteiger partial charge on any atom is -0.307 e. The topological polar surface area (TPSA) is 58.4 Å². The molecule has 0 aliphatic carbocycles. The second-order valence-electron chi connectivity index (χ2n) is 16.1. The molecule has 0 aliphatic heterocycles. The smallest absolute Gasteiger partial charge is 0.168 e. The quantitative estimate of drug-likeness (QED) is 0.161. The summed E-state index contributed by atoms with van der Waals surface area (Å²) < 4.78 is 9.30. The number of nitrogens with zero attached hydrogens (tertiary/aromatic N) is 7. The van der Waals surface area contributed by atoms with E-state index in [-0.39, 0.29) is 0 Å². The molecular formula is C57H37N7. The molecule has 0 aliphatic rings. The van der Waals surface area contributed by atoms with Crippen LogP contribution in [0.5, 0.6) is 0 Å². The Morgan fingerprint density at radius 3 is 1.12 bits per heavy atom. The van der Waals surface area contributed by atoms with Gasteiger partial charge in [-0.2, -0.15) is 0 Å². The van der Waals surface area contributed by atoms with Crippen molar-refractivity contribution >= 4 is 54.6 Å². The number of rotatable bonds is 7. The molecule has 7 heteroatoms. The molecule has 0 unspecified atom stereocenters. The van der Waals surface area contributed by atoms with E-state index in [0.29, 0.717) is 0 Å². The van der Waals surface area contributed by atoms with Crippen molar-refractivity contribution in [2.45, 2.75) is 0 Å². The number of benzene rings is 9. The van der Waals surface area contributed by atoms with Crippen molar-refractivity contribution in [2.24, 2.45) is 0 Å². The zero-order chi connectivity index (χ0) is 42.1. The first kappa shape index (κ1) is 35.9. The highest BCUT2D eigenvalue weighted by molar-refractivity contribution is 6.13. The molecule has 4 heterocycles. The van der Waals surface area contributed by atoms with Crippen LogP contribution in [-0.2, 0) is 0 Å². The maximum atomic E-state index is 5.78. The number of imidazole rings is 1. The summed E-state index contributed by atoms with van der Waals surface area (Å²) >= 11 is 0. The van der Waals surface area contributed by atoms with E-state index < -0.39 is 0 Å². The van der Waals surface area contributed by atoms with Gasteiger partial charge in [-0.05, 0) is 72.8 Å². The zero-order valence-corrected chi connectivity index (χ0v) is 34.5. The van der Waals surface area contributed by atoms with Crippen molar-refractivity contribution in [3.63, 3.8) is 0 Å². The van der Waals surface area contributed by atoms with E-state index >= 15 is 0 Å². The Kier molecular flexibility index (Phi) is 8.08. The van der Waals surface area contributed by atoms with Gasteiger partial charge in [-0.1, -0.05) is 152 Å². The van der Waals surface area contributed by atoms with Crippen LogP contribution >= 0.6 is 0 Å². The van der Waals surface area contributed by atoms with Crippen LogP contribution in [0.1, 0.15) is 0 Å². The summed E-state index contributed by atoms with van der Waals surface area (Å²) in [5.41, 5.74) is 13.4. The Bertz CT molecular complexity index is 3710. The average molecular weight is 820 g/mol. The second-order valence-corrected chi connectivity index (χ2v) is 16.1. The summed E-state index contributed by atoms with van der Waals surface area (Å²) in [7, 11) is 0. The third-order valence-corrected chi connectivity index (χ3v) is 12.5. The van der Waals surface area contributed by atoms with Crippen LogP contribution < -0.4 is 0 Å². The lowest BCUT2D eigenvalue weighted by atomic mass is 10.1. The van der Waals surface area contributed by atoms with E-state index in [1.807, 2.05) is 36.4 Å². The van der Waals surface area contributed by atoms with Crippen LogP contribution in [0.4, 0.5) is 0 Å². The minimum absolute atomic E-state index is 0.773. The molecule has 0 spiro atoms. The molecule has 0 amide bonds. The normalized spacial score (nSPS) is 11.8. The third-order valence-electron chi connectivity index (χ3n) is 12.5. The molecule has 0 fully saturated rings. The van der Waals surface area contributed by atoms with Crippen LogP contribution in [-0.4, -0.2) is 33.4 Å². The first-order chi connectivity index (χ1) is 31.8. The fourth-order valence-electron chi connectivity index (χ4n) is 9.73. The summed E-state index contributed by atoms with van der Waals surface area (Å²) in [6, 6.07) is 79.1. The van der Waals surface area contributed by atoms with E-state index in [0.717, 1.165) is 90.0 Å². The summed E-state index contributed by atoms with van der Waals surface area (Å²) in [5.74, 6) is 2.38. The van der Waals surface area contributed by atoms with Crippen LogP contribution in [0, 0.1) is 0 Å². The Morgan fingerprint density at radius 2 is 0.641 bits per heavy atom. The van der Waals surface area contributed by atoms with Crippen LogP contribution in [0.2, 0.25) is 0 Å². The van der Waals surface area contributed by atoms with Gasteiger partial charge < -0.3 is 9.13 Å². The predicted molar refractivity (Wildman–Crippen MR) is 261 cm³/mol. The van der Waals surface area contributed by atoms with Gasteiger partial charge in [0.05, 0.1) is 39.0 Å². The lowest BCUT2D eigenvalue weighted by Crippen LogP contribution is -2.04. The fraction of sp³-hybridized carbons (Fsp3) is 0. The summed E-state index contributed by atoms with van der Waals surface area (Å²) in [6.45, 7) is 0. The zero-order valence-electron chi connectivity index (χ0n) is 34.5. The molecule has 0 radical (unpaired) electrons. The maximum Gasteiger partial charge on any atom is 0.168 e. The van der Waals surface area contributed by atoms with Crippen molar-refractivity contribution in [2.75, 3.05) is 0 Å². The molecule has 7 nitrogen and oxygen atoms in total. The van der Waals surface area contributed by atoms with E-state index in [4.69, 9.17) is 15.2 Å². The minimum atomic E-state index is 0.773. The maximum absolute atomic E-state index is 5.78. The third kappa shape index (κ3) is 5.44. The molecule has 0 atom stereocenters. The molecular weight excluding hydrogens is 783 g/mol. The van der Waals surface area contributed by atoms with Gasteiger partial charge in [0, 0.05) is 49.6 Å². The molecule has 4 aromatic heterocycles. The molecule has 0 saturated carbocycles. The largest absolute Gasteiger partial charge is 0.307 e. The van der Waals surface area contributed by atoms with E-state index in [9.17, 15) is 0 Å². The Balaban J connectivity index is 1.11. The molecule has 0 N–H and O–H groups in total. The molecule has 0 bridgehead atoms. The van der Waals surface area contributed by atoms with Gasteiger partial charge in [0.1, 0.15) is 11.3 Å². The van der Waals surface area contributed by atoms with E-state index in [2.05, 4.69) is 206 Å². The van der Waals surface area contributed by atoms with E-state index in [1.165, 1.54) is 21.5 Å². The van der Waals surface area contributed by atoms with Gasteiger partial charge in [0.15, 0.2) is 11.6 Å². The van der Waals surface area contributed by atoms with Gasteiger partial charge >= 0.3 is 0 Å². The fourth-order valence-corrected chi connectivity index (χ4v) is 9.73. The lowest BCUT2D eigenvalue weighted by molar-refractivity contribution is 1.07. The summed E-state index contributed by atoms with van der Waals surface area (Å²) in [5, 5.41) is 14.3. The van der Waals surface area contributed by atoms with Gasteiger partial charge in [0.25, 0.3) is 0 Å². The molecule has 64 heavy (non-hydrogen) atoms. The SMILES string of the molecule is c1ccc(-c2nnc(-c3ccccc3)n2-c2ccc(-c3nc4c(-n5c6ccccc6c6ccccc65)ccc(-n5c6ccccc6c6ccccc65)c4n3-c3ccccc3)cc2)cc1. The number of hydrogen-bond acceptors (Lipinski definition) is 3. The van der Waals surface area contributed by atoms with E-state index in [1.54, 1.807) is 0 Å². The van der Waals surface area contributed by atoms with Gasteiger partial charge in [0.2, 0.25) is 0 Å². The predicted octanol–water partition coefficient (Wildman–Crippen LogP) is 13.8. The first-order valence-electron chi connectivity index (χ1n) is 21.6. The van der Waals surface area contributed by atoms with Crippen LogP contribution in [0.3, 0.4) is 0 Å². The summed E-state index contributed by atoms with van der Waals surface area (Å²) in [6.07, 6.45) is 0. The Morgan fingerprint density at radius 1 is 0.266 bits per heavy atom. The summed E-state index contributed by atoms with van der Waals surface area (Å²) in [4.78, 5) is 5.78. The van der Waals surface area contributed by atoms with Crippen molar-refractivity contribution in [1.82, 2.24) is 33.4 Å². The first-order valence-corrected chi connectivity index (χ1v) is 21.6. The highest BCUT2D eigenvalue weighted by Crippen LogP contribution is 2.42. The van der Waals surface area contributed by atoms with Crippen molar-refractivity contribution in [3.8, 4) is 56.9 Å². The Hall–Kier alpha value is -8.81. The second kappa shape index (κ2) is 14.4. The number of hydrogen-bond donors (Lipinski definition) is 0. The molecule has 13 aromatic rings. The Labute approximate surface area is 368 Å². The van der Waals surface area contributed by atoms with Crippen LogP contribution in [0.25, 0.3) is 112 Å². The van der Waals surface area contributed by atoms with Crippen LogP contribution in [0.15, 0.2) is 224 Å². The standard InChI is InChI=1S/C57H37N7/c1-4-18-38(19-5-1)56-59-60-57(39-20-6-2-7-21-39)62(56)42-34-32-40(33-35-42)55-58-53-51(63-47-28-14-10-24-43(47)44-25-11-15-29-48(44)63)36-37-52(54(53)61(55)41-22-8-3-9-23-41)64-49-30-16-12-26-45(49)46-27-13-17-31-50(46)64/h1-37H. The average Bonchev–Trinajstić information content (AvgIpc) is 4.15. The number of fused-ring (bicyclic) bond motifs is 7. The number of para-hydroxylation sites is 5. The van der Waals surface area contributed by atoms with Gasteiger partial charge in [-0.3, -0.25) is 9.13 Å². The van der Waals surface area contributed by atoms with Crippen molar-refractivity contribution in [1.29, 1.82) is 0 Å². The van der Waals surface area contributed by atoms with Crippen molar-refractivity contribution in [3.05, 3.63) is 224 Å². The molecule has 0 saturated heterocycles. The monoisotopic (exact) mass is 819 g/mol. The molecule has 9 aromatic carbocycles. The van der Waals surface area contributed by atoms with Gasteiger partial charge in [-0.15, -0.1) is 10.2 Å².